The number of fused-ring (bicyclic) bond motifs is 1. The molecule has 0 radical (unpaired) electrons. The van der Waals surface area contributed by atoms with Crippen LogP contribution in [0.3, 0.4) is 0 Å². The Bertz CT molecular complexity index is 1140. The number of rotatable bonds is 3. The third-order valence-corrected chi connectivity index (χ3v) is 7.28. The van der Waals surface area contributed by atoms with Gasteiger partial charge < -0.3 is 9.47 Å². The van der Waals surface area contributed by atoms with Gasteiger partial charge in [-0.25, -0.2) is 0 Å². The molecular weight excluding hydrogens is 394 g/mol. The maximum atomic E-state index is 13.4. The summed E-state index contributed by atoms with van der Waals surface area (Å²) in [7, 11) is 1.70. The number of hydrogen-bond acceptors (Lipinski definition) is 4. The first-order valence-electron chi connectivity index (χ1n) is 10.4. The number of pyridine rings is 1. The lowest BCUT2D eigenvalue weighted by Gasteiger charge is -2.33. The van der Waals surface area contributed by atoms with Crippen LogP contribution in [0, 0.1) is 0 Å². The smallest absolute Gasteiger partial charge is 0.256 e. The molecule has 30 heavy (non-hydrogen) atoms. The third-order valence-electron chi connectivity index (χ3n) is 6.37. The molecule has 5 rings (SSSR count). The molecule has 4 heterocycles. The van der Waals surface area contributed by atoms with Gasteiger partial charge >= 0.3 is 0 Å². The Labute approximate surface area is 180 Å². The van der Waals surface area contributed by atoms with Crippen molar-refractivity contribution >= 4 is 17.2 Å². The first-order valence-corrected chi connectivity index (χ1v) is 11.3. The summed E-state index contributed by atoms with van der Waals surface area (Å²) in [4.78, 5) is 31.1. The Hall–Kier alpha value is -2.70. The molecule has 1 amide bonds. The summed E-state index contributed by atoms with van der Waals surface area (Å²) < 4.78 is 1.50. The van der Waals surface area contributed by atoms with E-state index in [9.17, 15) is 9.59 Å². The number of nitrogens with zero attached hydrogens (tertiary/aromatic N) is 3. The fourth-order valence-corrected chi connectivity index (χ4v) is 5.42. The molecule has 1 fully saturated rings. The molecule has 0 spiro atoms. The number of carbonyl (C=O) groups is 1. The van der Waals surface area contributed by atoms with E-state index < -0.39 is 0 Å². The number of amides is 1. The van der Waals surface area contributed by atoms with Crippen LogP contribution in [0.1, 0.15) is 27.9 Å². The highest BCUT2D eigenvalue weighted by Crippen LogP contribution is 2.30. The van der Waals surface area contributed by atoms with Crippen LogP contribution in [0.4, 0.5) is 0 Å². The number of benzene rings is 1. The Morgan fingerprint density at radius 2 is 1.93 bits per heavy atom. The number of carbonyl (C=O) groups excluding carboxylic acids is 1. The number of hydrogen-bond donors (Lipinski definition) is 0. The molecule has 1 saturated heterocycles. The van der Waals surface area contributed by atoms with Crippen molar-refractivity contribution in [1.29, 1.82) is 0 Å². The fourth-order valence-electron chi connectivity index (χ4n) is 4.66. The molecular formula is C24H25N3O2S. The van der Waals surface area contributed by atoms with Crippen molar-refractivity contribution in [1.82, 2.24) is 14.4 Å². The number of thiophene rings is 1. The van der Waals surface area contributed by atoms with Crippen LogP contribution in [-0.2, 0) is 20.0 Å². The van der Waals surface area contributed by atoms with Gasteiger partial charge in [0.2, 0.25) is 0 Å². The molecule has 5 nitrogen and oxygen atoms in total. The van der Waals surface area contributed by atoms with E-state index in [0.717, 1.165) is 49.5 Å². The SMILES string of the molecule is Cn1cc(C(=O)N2CCC(N3CCc4ccccc4C3)C2)c(-c2cccs2)cc1=O. The lowest BCUT2D eigenvalue weighted by atomic mass is 9.98. The van der Waals surface area contributed by atoms with Gasteiger partial charge in [0, 0.05) is 62.0 Å². The van der Waals surface area contributed by atoms with Gasteiger partial charge in [0.15, 0.2) is 0 Å². The molecule has 0 aliphatic carbocycles. The minimum atomic E-state index is -0.0961. The molecule has 1 atom stereocenters. The van der Waals surface area contributed by atoms with Crippen molar-refractivity contribution in [2.24, 2.45) is 7.05 Å². The average molecular weight is 420 g/mol. The number of aromatic nitrogens is 1. The van der Waals surface area contributed by atoms with E-state index in [-0.39, 0.29) is 11.5 Å². The topological polar surface area (TPSA) is 45.6 Å². The first kappa shape index (κ1) is 19.3. The van der Waals surface area contributed by atoms with Gasteiger partial charge in [-0.05, 0) is 35.4 Å². The van der Waals surface area contributed by atoms with Gasteiger partial charge in [0.25, 0.3) is 11.5 Å². The molecule has 0 bridgehead atoms. The average Bonchev–Trinajstić information content (AvgIpc) is 3.47. The van der Waals surface area contributed by atoms with Crippen LogP contribution in [0.5, 0.6) is 0 Å². The molecule has 154 valence electrons. The Morgan fingerprint density at radius 3 is 2.73 bits per heavy atom. The van der Waals surface area contributed by atoms with Crippen LogP contribution in [0.2, 0.25) is 0 Å². The predicted molar refractivity (Wildman–Crippen MR) is 120 cm³/mol. The van der Waals surface area contributed by atoms with E-state index in [4.69, 9.17) is 0 Å². The summed E-state index contributed by atoms with van der Waals surface area (Å²) in [5.74, 6) is 0.0221. The van der Waals surface area contributed by atoms with Crippen molar-refractivity contribution in [2.75, 3.05) is 19.6 Å². The zero-order valence-electron chi connectivity index (χ0n) is 17.1. The summed E-state index contributed by atoms with van der Waals surface area (Å²) >= 11 is 1.55. The van der Waals surface area contributed by atoms with E-state index in [2.05, 4.69) is 29.2 Å². The zero-order chi connectivity index (χ0) is 20.7. The molecule has 6 heteroatoms. The monoisotopic (exact) mass is 419 g/mol. The van der Waals surface area contributed by atoms with E-state index in [0.29, 0.717) is 11.6 Å². The number of aryl methyl sites for hydroxylation is 1. The molecule has 1 unspecified atom stereocenters. The van der Waals surface area contributed by atoms with Gasteiger partial charge in [-0.15, -0.1) is 11.3 Å². The van der Waals surface area contributed by atoms with Crippen LogP contribution in [0.15, 0.2) is 58.8 Å². The lowest BCUT2D eigenvalue weighted by Crippen LogP contribution is -2.41. The molecule has 0 N–H and O–H groups in total. The van der Waals surface area contributed by atoms with Crippen molar-refractivity contribution in [3.63, 3.8) is 0 Å². The standard InChI is InChI=1S/C24H25N3O2S/c1-25-16-21(20(13-23(25)28)22-7-4-12-30-22)24(29)27-11-9-19(15-27)26-10-8-17-5-2-3-6-18(17)14-26/h2-7,12-13,16,19H,8-11,14-15H2,1H3. The second-order valence-corrected chi connectivity index (χ2v) is 9.16. The maximum absolute atomic E-state index is 13.4. The molecule has 3 aromatic rings. The van der Waals surface area contributed by atoms with Crippen molar-refractivity contribution in [3.8, 4) is 10.4 Å². The van der Waals surface area contributed by atoms with E-state index in [1.165, 1.54) is 15.7 Å². The fraction of sp³-hybridized carbons (Fsp3) is 0.333. The highest BCUT2D eigenvalue weighted by atomic mass is 32.1. The summed E-state index contributed by atoms with van der Waals surface area (Å²) in [6.07, 6.45) is 3.77. The van der Waals surface area contributed by atoms with Crippen LogP contribution in [0.25, 0.3) is 10.4 Å². The Morgan fingerprint density at radius 1 is 1.10 bits per heavy atom. The second kappa shape index (κ2) is 7.85. The van der Waals surface area contributed by atoms with E-state index >= 15 is 0 Å². The molecule has 2 aliphatic rings. The van der Waals surface area contributed by atoms with E-state index in [1.54, 1.807) is 30.6 Å². The highest BCUT2D eigenvalue weighted by Gasteiger charge is 2.33. The molecule has 2 aliphatic heterocycles. The normalized spacial score (nSPS) is 19.1. The van der Waals surface area contributed by atoms with Gasteiger partial charge in [-0.3, -0.25) is 14.5 Å². The maximum Gasteiger partial charge on any atom is 0.256 e. The Balaban J connectivity index is 1.36. The molecule has 1 aromatic carbocycles. The minimum Gasteiger partial charge on any atom is -0.337 e. The number of likely N-dealkylation sites (tertiary alicyclic amines) is 1. The third kappa shape index (κ3) is 3.50. The minimum absolute atomic E-state index is 0.0221. The zero-order valence-corrected chi connectivity index (χ0v) is 17.9. The van der Waals surface area contributed by atoms with Gasteiger partial charge in [-0.2, -0.15) is 0 Å². The second-order valence-electron chi connectivity index (χ2n) is 8.21. The summed E-state index contributed by atoms with van der Waals surface area (Å²) in [6.45, 7) is 3.51. The Kier molecular flexibility index (Phi) is 5.05. The molecule has 0 saturated carbocycles. The highest BCUT2D eigenvalue weighted by molar-refractivity contribution is 7.13. The van der Waals surface area contributed by atoms with Gasteiger partial charge in [0.1, 0.15) is 0 Å². The van der Waals surface area contributed by atoms with Gasteiger partial charge in [0.05, 0.1) is 5.56 Å². The first-order chi connectivity index (χ1) is 14.6. The quantitative estimate of drug-likeness (QED) is 0.654. The molecule has 2 aromatic heterocycles. The van der Waals surface area contributed by atoms with Crippen molar-refractivity contribution in [3.05, 3.63) is 81.1 Å². The summed E-state index contributed by atoms with van der Waals surface area (Å²) in [5, 5.41) is 1.97. The van der Waals surface area contributed by atoms with Crippen molar-refractivity contribution in [2.45, 2.75) is 25.4 Å². The van der Waals surface area contributed by atoms with E-state index in [1.807, 2.05) is 22.4 Å². The lowest BCUT2D eigenvalue weighted by molar-refractivity contribution is 0.0773. The van der Waals surface area contributed by atoms with Crippen LogP contribution < -0.4 is 5.56 Å². The summed E-state index contributed by atoms with van der Waals surface area (Å²) in [5.41, 5.74) is 4.12. The summed E-state index contributed by atoms with van der Waals surface area (Å²) in [6, 6.07) is 14.6. The largest absolute Gasteiger partial charge is 0.337 e. The van der Waals surface area contributed by atoms with Crippen LogP contribution >= 0.6 is 11.3 Å². The predicted octanol–water partition coefficient (Wildman–Crippen LogP) is 3.39. The van der Waals surface area contributed by atoms with Gasteiger partial charge in [-0.1, -0.05) is 30.3 Å². The van der Waals surface area contributed by atoms with Crippen molar-refractivity contribution < 1.29 is 4.79 Å². The van der Waals surface area contributed by atoms with Crippen LogP contribution in [-0.4, -0.2) is 46.0 Å².